The maximum Gasteiger partial charge on any atom is 0.326 e. The second-order valence-corrected chi connectivity index (χ2v) is 22.8. The van der Waals surface area contributed by atoms with Gasteiger partial charge in [0.1, 0.15) is 35.5 Å². The predicted molar refractivity (Wildman–Crippen MR) is 281 cm³/mol. The third kappa shape index (κ3) is 17.5. The summed E-state index contributed by atoms with van der Waals surface area (Å²) in [6.07, 6.45) is 3.63. The number of nitrogens with zero attached hydrogens (tertiary/aromatic N) is 3. The molecule has 20 nitrogen and oxygen atoms in total. The maximum atomic E-state index is 14.5. The van der Waals surface area contributed by atoms with Gasteiger partial charge in [0.2, 0.25) is 29.5 Å². The van der Waals surface area contributed by atoms with E-state index in [1.54, 1.807) is 20.2 Å². The number of fused-ring (bicyclic) bond motifs is 1. The number of aromatic nitrogens is 1. The number of likely N-dealkylation sites (tertiary alicyclic amines) is 1. The van der Waals surface area contributed by atoms with E-state index in [1.165, 1.54) is 30.0 Å². The van der Waals surface area contributed by atoms with Crippen LogP contribution in [0.2, 0.25) is 0 Å². The number of carboxylic acids is 3. The Bertz CT molecular complexity index is 2480. The molecule has 1 aliphatic heterocycles. The standard InChI is InChI=1S/C53H78FN7O13S/c1-29(2)40(60(11)48(68)44(52(4,5)6)58-46(66)43(56-9)53(7,8)36-27-59(10)39-20-17-32(54)25-35(36)39)23-30(3)45(65)57-38(51(73)74)19-18-34(63)24-31(49(69)70)15-13-12-14-16-33(62)21-22-61-42(64)26-41(47(61)67)75-28-37(55)50(71)72/h17,20,23,25,27,29,31,37-38,40-41,43-44,56H,12-16,18-19,21-22,24,26,28,55H2,1-11H3,(H,57,65)(H,58,66)(H,69,70)(H,71,72)(H,73,74)/b30-23+/t31-,37+,38-,40-,41?,43-,44-/m1/s1. The third-order valence-corrected chi connectivity index (χ3v) is 15.2. The van der Waals surface area contributed by atoms with Gasteiger partial charge in [0.05, 0.1) is 23.3 Å². The first-order valence-electron chi connectivity index (χ1n) is 25.3. The highest BCUT2D eigenvalue weighted by atomic mass is 32.2. The number of thioether (sulfide) groups is 1. The quantitative estimate of drug-likeness (QED) is 0.0314. The molecule has 0 spiro atoms. The van der Waals surface area contributed by atoms with Crippen molar-refractivity contribution < 1.29 is 67.7 Å². The Kier molecular flexibility index (Phi) is 23.4. The molecule has 2 heterocycles. The number of imide groups is 1. The number of Topliss-reactive ketones (excluding diaryl/α,β-unsaturated/α-hetero) is 2. The van der Waals surface area contributed by atoms with Crippen LogP contribution in [0.5, 0.6) is 0 Å². The van der Waals surface area contributed by atoms with Crippen LogP contribution >= 0.6 is 11.8 Å². The van der Waals surface area contributed by atoms with Crippen molar-refractivity contribution >= 4 is 81.7 Å². The van der Waals surface area contributed by atoms with Gasteiger partial charge in [-0.05, 0) is 68.3 Å². The van der Waals surface area contributed by atoms with Crippen LogP contribution in [0.25, 0.3) is 10.9 Å². The molecule has 0 saturated carbocycles. The van der Waals surface area contributed by atoms with E-state index in [-0.39, 0.29) is 74.5 Å². The average molecular weight is 1070 g/mol. The molecule has 1 aromatic carbocycles. The second kappa shape index (κ2) is 27.7. The molecule has 0 aliphatic carbocycles. The number of likely N-dealkylation sites (N-methyl/N-ethyl adjacent to an activating group) is 2. The summed E-state index contributed by atoms with van der Waals surface area (Å²) in [4.78, 5) is 131. The van der Waals surface area contributed by atoms with Gasteiger partial charge in [-0.25, -0.2) is 9.18 Å². The fourth-order valence-electron chi connectivity index (χ4n) is 9.25. The zero-order chi connectivity index (χ0) is 56.9. The Morgan fingerprint density at radius 1 is 0.893 bits per heavy atom. The van der Waals surface area contributed by atoms with E-state index in [0.29, 0.717) is 24.6 Å². The number of aryl methyl sites for hydroxylation is 1. The zero-order valence-electron chi connectivity index (χ0n) is 45.1. The smallest absolute Gasteiger partial charge is 0.326 e. The summed E-state index contributed by atoms with van der Waals surface area (Å²) >= 11 is 0.982. The normalized spacial score (nSPS) is 16.8. The summed E-state index contributed by atoms with van der Waals surface area (Å²) in [6, 6.07) is -0.843. The molecule has 1 unspecified atom stereocenters. The molecule has 2 aromatic rings. The molecule has 1 aromatic heterocycles. The number of halogens is 1. The van der Waals surface area contributed by atoms with Crippen LogP contribution in [0, 0.1) is 23.1 Å². The van der Waals surface area contributed by atoms with Crippen LogP contribution in [-0.4, -0.2) is 151 Å². The van der Waals surface area contributed by atoms with E-state index >= 15 is 0 Å². The number of nitrogens with two attached hydrogens (primary N) is 1. The molecule has 416 valence electrons. The van der Waals surface area contributed by atoms with Gasteiger partial charge in [-0.15, -0.1) is 11.8 Å². The summed E-state index contributed by atoms with van der Waals surface area (Å²) in [7, 11) is 5.02. The molecular formula is C53H78FN7O13S. The number of amides is 5. The molecule has 0 bridgehead atoms. The molecular weight excluding hydrogens is 994 g/mol. The Hall–Kier alpha value is -6.00. The highest BCUT2D eigenvalue weighted by Crippen LogP contribution is 2.36. The number of aliphatic carboxylic acids is 3. The number of carboxylic acid groups (broad SMARTS) is 3. The number of ketones is 2. The minimum Gasteiger partial charge on any atom is -0.481 e. The minimum absolute atomic E-state index is 0.0518. The lowest BCUT2D eigenvalue weighted by molar-refractivity contribution is -0.144. The number of rotatable bonds is 31. The number of hydrogen-bond acceptors (Lipinski definition) is 13. The molecule has 7 atom stereocenters. The van der Waals surface area contributed by atoms with Gasteiger partial charge in [0.25, 0.3) is 0 Å². The van der Waals surface area contributed by atoms with Gasteiger partial charge in [-0.1, -0.05) is 67.4 Å². The number of unbranched alkanes of at least 4 members (excludes halogenated alkanes) is 2. The van der Waals surface area contributed by atoms with Gasteiger partial charge in [-0.2, -0.15) is 0 Å². The van der Waals surface area contributed by atoms with Crippen molar-refractivity contribution in [3.05, 3.63) is 47.4 Å². The monoisotopic (exact) mass is 1070 g/mol. The highest BCUT2D eigenvalue weighted by molar-refractivity contribution is 8.00. The van der Waals surface area contributed by atoms with Crippen molar-refractivity contribution in [3.63, 3.8) is 0 Å². The average Bonchev–Trinajstić information content (AvgIpc) is 3.80. The van der Waals surface area contributed by atoms with Crippen LogP contribution < -0.4 is 21.7 Å². The fourth-order valence-corrected chi connectivity index (χ4v) is 10.4. The molecule has 3 rings (SSSR count). The molecule has 75 heavy (non-hydrogen) atoms. The predicted octanol–water partition coefficient (Wildman–Crippen LogP) is 4.34. The fraction of sp³-hybridized carbons (Fsp3) is 0.623. The number of carbonyl (C=O) groups is 10. The highest BCUT2D eigenvalue weighted by Gasteiger charge is 2.43. The van der Waals surface area contributed by atoms with Gasteiger partial charge in [-0.3, -0.25) is 48.1 Å². The molecule has 0 radical (unpaired) electrons. The lowest BCUT2D eigenvalue weighted by atomic mass is 9.76. The Balaban J connectivity index is 1.56. The van der Waals surface area contributed by atoms with Crippen molar-refractivity contribution in [3.8, 4) is 0 Å². The summed E-state index contributed by atoms with van der Waals surface area (Å²) < 4.78 is 16.3. The molecule has 5 amide bonds. The lowest BCUT2D eigenvalue weighted by Gasteiger charge is -2.39. The lowest BCUT2D eigenvalue weighted by Crippen LogP contribution is -2.61. The van der Waals surface area contributed by atoms with Crippen LogP contribution in [-0.2, 0) is 60.4 Å². The van der Waals surface area contributed by atoms with Crippen LogP contribution in [0.1, 0.15) is 125 Å². The van der Waals surface area contributed by atoms with E-state index in [9.17, 15) is 62.5 Å². The van der Waals surface area contributed by atoms with E-state index in [2.05, 4.69) is 16.0 Å². The molecule has 1 fully saturated rings. The van der Waals surface area contributed by atoms with Crippen molar-refractivity contribution in [1.29, 1.82) is 0 Å². The van der Waals surface area contributed by atoms with E-state index < -0.39 is 111 Å². The first-order valence-corrected chi connectivity index (χ1v) is 26.3. The van der Waals surface area contributed by atoms with Gasteiger partial charge < -0.3 is 46.5 Å². The Morgan fingerprint density at radius 2 is 1.55 bits per heavy atom. The first-order chi connectivity index (χ1) is 34.8. The largest absolute Gasteiger partial charge is 0.481 e. The number of nitrogens with one attached hydrogen (secondary N) is 3. The molecule has 22 heteroatoms. The summed E-state index contributed by atoms with van der Waals surface area (Å²) in [5.74, 6) is -9.03. The van der Waals surface area contributed by atoms with E-state index in [4.69, 9.17) is 10.8 Å². The van der Waals surface area contributed by atoms with Crippen molar-refractivity contribution in [2.24, 2.45) is 30.0 Å². The summed E-state index contributed by atoms with van der Waals surface area (Å²) in [5, 5.41) is 37.2. The summed E-state index contributed by atoms with van der Waals surface area (Å²) in [5.41, 5.74) is 5.39. The van der Waals surface area contributed by atoms with E-state index in [0.717, 1.165) is 27.7 Å². The van der Waals surface area contributed by atoms with E-state index in [1.807, 2.05) is 66.3 Å². The molecule has 8 N–H and O–H groups in total. The van der Waals surface area contributed by atoms with Gasteiger partial charge in [0, 0.05) is 86.6 Å². The number of hydrogen-bond donors (Lipinski definition) is 7. The molecule has 1 aliphatic rings. The van der Waals surface area contributed by atoms with Crippen molar-refractivity contribution in [1.82, 2.24) is 30.3 Å². The van der Waals surface area contributed by atoms with Crippen LogP contribution in [0.4, 0.5) is 4.39 Å². The Morgan fingerprint density at radius 3 is 2.12 bits per heavy atom. The maximum absolute atomic E-state index is 14.5. The zero-order valence-corrected chi connectivity index (χ0v) is 45.9. The Labute approximate surface area is 442 Å². The SMILES string of the molecule is CN[C@H](C(=O)N[C@H](C(=O)N(C)[C@H](/C=C(\C)C(=O)N[C@H](CCC(=O)C[C@@H](CCCCCC(=O)CCN1C(=O)CC(SC[C@H](N)C(=O)O)C1=O)C(=O)O)C(=O)O)C(C)C)C(C)(C)C)C(C)(C)c1cn(C)c2ccc(F)cc12. The minimum atomic E-state index is -1.51. The third-order valence-electron chi connectivity index (χ3n) is 13.8. The second-order valence-electron chi connectivity index (χ2n) is 21.5. The van der Waals surface area contributed by atoms with Crippen LogP contribution in [0.15, 0.2) is 36.0 Å². The number of benzene rings is 1. The van der Waals surface area contributed by atoms with Crippen molar-refractivity contribution in [2.75, 3.05) is 26.4 Å². The van der Waals surface area contributed by atoms with Crippen molar-refractivity contribution in [2.45, 2.75) is 160 Å². The summed E-state index contributed by atoms with van der Waals surface area (Å²) in [6.45, 7) is 14.2. The van der Waals surface area contributed by atoms with Crippen LogP contribution in [0.3, 0.4) is 0 Å². The topological polar surface area (TPSA) is 305 Å². The first kappa shape index (κ1) is 63.3. The van der Waals surface area contributed by atoms with Gasteiger partial charge >= 0.3 is 17.9 Å². The number of carbonyl (C=O) groups excluding carboxylic acids is 7. The molecule has 1 saturated heterocycles. The van der Waals surface area contributed by atoms with Gasteiger partial charge in [0.15, 0.2) is 0 Å².